The second kappa shape index (κ2) is 6.42. The Labute approximate surface area is 160 Å². The number of aryl methyl sites for hydroxylation is 1. The molecule has 3 heterocycles. The normalized spacial score (nSPS) is 11.3. The van der Waals surface area contributed by atoms with Gasteiger partial charge in [-0.2, -0.15) is 5.10 Å². The number of fused-ring (bicyclic) bond motifs is 2. The molecule has 136 valence electrons. The van der Waals surface area contributed by atoms with E-state index >= 15 is 0 Å². The molecule has 0 bridgehead atoms. The summed E-state index contributed by atoms with van der Waals surface area (Å²) < 4.78 is 3.41. The van der Waals surface area contributed by atoms with Crippen LogP contribution in [0.25, 0.3) is 33.1 Å². The average Bonchev–Trinajstić information content (AvgIpc) is 3.10. The van der Waals surface area contributed by atoms with E-state index in [1.54, 1.807) is 29.2 Å². The van der Waals surface area contributed by atoms with Crippen LogP contribution < -0.4 is 5.56 Å². The van der Waals surface area contributed by atoms with Gasteiger partial charge in [-0.05, 0) is 47.0 Å². The highest BCUT2D eigenvalue weighted by atomic mass is 16.1. The number of hydrogen-bond acceptors (Lipinski definition) is 4. The quantitative estimate of drug-likeness (QED) is 0.490. The Kier molecular flexibility index (Phi) is 3.76. The molecule has 0 fully saturated rings. The molecule has 0 aliphatic carbocycles. The fourth-order valence-electron chi connectivity index (χ4n) is 3.47. The van der Waals surface area contributed by atoms with Gasteiger partial charge in [-0.3, -0.25) is 14.0 Å². The van der Waals surface area contributed by atoms with Crippen molar-refractivity contribution in [1.29, 1.82) is 0 Å². The van der Waals surface area contributed by atoms with Crippen molar-refractivity contribution in [3.63, 3.8) is 0 Å². The fourth-order valence-corrected chi connectivity index (χ4v) is 3.47. The van der Waals surface area contributed by atoms with Gasteiger partial charge < -0.3 is 0 Å². The lowest BCUT2D eigenvalue weighted by molar-refractivity contribution is 0.746. The smallest absolute Gasteiger partial charge is 0.280 e. The number of nitrogens with zero attached hydrogens (tertiary/aromatic N) is 5. The minimum atomic E-state index is -0.132. The molecule has 0 aliphatic rings. The standard InChI is InChI=1S/C22H17N5O/c1-26-13-18-11-17(7-8-19(18)25-26)16-5-2-4-15(10-16)12-27-14-24-20-6-3-9-23-21(20)22(27)28/h2-11,13-14H,12H2,1H3. The highest BCUT2D eigenvalue weighted by Gasteiger charge is 2.07. The van der Waals surface area contributed by atoms with Gasteiger partial charge in [0.2, 0.25) is 0 Å². The zero-order valence-corrected chi connectivity index (χ0v) is 15.3. The third-order valence-electron chi connectivity index (χ3n) is 4.82. The molecule has 0 amide bonds. The maximum atomic E-state index is 12.7. The Morgan fingerprint density at radius 3 is 2.75 bits per heavy atom. The van der Waals surface area contributed by atoms with E-state index in [9.17, 15) is 4.79 Å². The van der Waals surface area contributed by atoms with Crippen molar-refractivity contribution in [2.75, 3.05) is 0 Å². The van der Waals surface area contributed by atoms with Crippen molar-refractivity contribution >= 4 is 21.9 Å². The predicted molar refractivity (Wildman–Crippen MR) is 109 cm³/mol. The number of hydrogen-bond donors (Lipinski definition) is 0. The first-order valence-electron chi connectivity index (χ1n) is 9.00. The molecule has 6 nitrogen and oxygen atoms in total. The molecule has 6 heteroatoms. The van der Waals surface area contributed by atoms with Gasteiger partial charge in [-0.25, -0.2) is 9.97 Å². The van der Waals surface area contributed by atoms with Gasteiger partial charge in [0, 0.05) is 24.8 Å². The topological polar surface area (TPSA) is 65.6 Å². The van der Waals surface area contributed by atoms with E-state index < -0.39 is 0 Å². The van der Waals surface area contributed by atoms with Crippen LogP contribution in [0, 0.1) is 0 Å². The summed E-state index contributed by atoms with van der Waals surface area (Å²) in [4.78, 5) is 21.2. The summed E-state index contributed by atoms with van der Waals surface area (Å²) in [7, 11) is 1.92. The molecule has 28 heavy (non-hydrogen) atoms. The molecule has 0 radical (unpaired) electrons. The molecular formula is C22H17N5O. The molecule has 2 aromatic carbocycles. The molecule has 5 aromatic rings. The fraction of sp³-hybridized carbons (Fsp3) is 0.0909. The Morgan fingerprint density at radius 2 is 1.82 bits per heavy atom. The molecular weight excluding hydrogens is 350 g/mol. The van der Waals surface area contributed by atoms with Gasteiger partial charge in [0.05, 0.1) is 23.9 Å². The van der Waals surface area contributed by atoms with E-state index in [0.717, 1.165) is 27.6 Å². The third kappa shape index (κ3) is 2.85. The van der Waals surface area contributed by atoms with Crippen molar-refractivity contribution in [2.45, 2.75) is 6.54 Å². The highest BCUT2D eigenvalue weighted by molar-refractivity contribution is 5.84. The van der Waals surface area contributed by atoms with Crippen molar-refractivity contribution in [2.24, 2.45) is 7.05 Å². The second-order valence-corrected chi connectivity index (χ2v) is 6.83. The van der Waals surface area contributed by atoms with Crippen LogP contribution in [0.2, 0.25) is 0 Å². The zero-order chi connectivity index (χ0) is 19.1. The van der Waals surface area contributed by atoms with Crippen LogP contribution >= 0.6 is 0 Å². The van der Waals surface area contributed by atoms with Crippen molar-refractivity contribution < 1.29 is 0 Å². The SMILES string of the molecule is Cn1cc2cc(-c3cccc(Cn4cnc5cccnc5c4=O)c3)ccc2n1. The van der Waals surface area contributed by atoms with Crippen molar-refractivity contribution in [3.05, 3.63) is 89.2 Å². The minimum Gasteiger partial charge on any atom is -0.293 e. The van der Waals surface area contributed by atoms with E-state index in [2.05, 4.69) is 39.3 Å². The van der Waals surface area contributed by atoms with Crippen LogP contribution in [0.15, 0.2) is 78.1 Å². The summed E-state index contributed by atoms with van der Waals surface area (Å²) in [5, 5.41) is 5.52. The summed E-state index contributed by atoms with van der Waals surface area (Å²) in [6, 6.07) is 18.0. The lowest BCUT2D eigenvalue weighted by Crippen LogP contribution is -2.21. The first-order chi connectivity index (χ1) is 13.7. The molecule has 5 rings (SSSR count). The van der Waals surface area contributed by atoms with Crippen molar-refractivity contribution in [3.8, 4) is 11.1 Å². The summed E-state index contributed by atoms with van der Waals surface area (Å²) in [5.74, 6) is 0. The Bertz CT molecular complexity index is 1380. The lowest BCUT2D eigenvalue weighted by Gasteiger charge is -2.08. The van der Waals surface area contributed by atoms with Gasteiger partial charge in [0.25, 0.3) is 5.56 Å². The van der Waals surface area contributed by atoms with Gasteiger partial charge in [0.1, 0.15) is 0 Å². The Morgan fingerprint density at radius 1 is 0.929 bits per heavy atom. The minimum absolute atomic E-state index is 0.132. The third-order valence-corrected chi connectivity index (χ3v) is 4.82. The second-order valence-electron chi connectivity index (χ2n) is 6.83. The molecule has 0 unspecified atom stereocenters. The molecule has 0 saturated carbocycles. The maximum absolute atomic E-state index is 12.7. The first-order valence-corrected chi connectivity index (χ1v) is 9.00. The van der Waals surface area contributed by atoms with Crippen LogP contribution in [0.3, 0.4) is 0 Å². The molecule has 0 spiro atoms. The molecule has 0 N–H and O–H groups in total. The maximum Gasteiger partial charge on any atom is 0.280 e. The van der Waals surface area contributed by atoms with Crippen LogP contribution in [-0.4, -0.2) is 24.3 Å². The van der Waals surface area contributed by atoms with Crippen LogP contribution in [0.1, 0.15) is 5.56 Å². The van der Waals surface area contributed by atoms with E-state index in [0.29, 0.717) is 17.6 Å². The Balaban J connectivity index is 1.52. The van der Waals surface area contributed by atoms with E-state index in [1.165, 1.54) is 0 Å². The van der Waals surface area contributed by atoms with Crippen LogP contribution in [-0.2, 0) is 13.6 Å². The average molecular weight is 367 g/mol. The zero-order valence-electron chi connectivity index (χ0n) is 15.3. The van der Waals surface area contributed by atoms with E-state index in [1.807, 2.05) is 36.1 Å². The van der Waals surface area contributed by atoms with Crippen molar-refractivity contribution in [1.82, 2.24) is 24.3 Å². The monoisotopic (exact) mass is 367 g/mol. The first kappa shape index (κ1) is 16.4. The number of rotatable bonds is 3. The van der Waals surface area contributed by atoms with E-state index in [-0.39, 0.29) is 5.56 Å². The molecule has 0 saturated heterocycles. The van der Waals surface area contributed by atoms with Crippen LogP contribution in [0.5, 0.6) is 0 Å². The van der Waals surface area contributed by atoms with Gasteiger partial charge in [-0.1, -0.05) is 24.3 Å². The number of benzene rings is 2. The molecule has 0 atom stereocenters. The molecule has 0 aliphatic heterocycles. The summed E-state index contributed by atoms with van der Waals surface area (Å²) >= 11 is 0. The van der Waals surface area contributed by atoms with Crippen LogP contribution in [0.4, 0.5) is 0 Å². The highest BCUT2D eigenvalue weighted by Crippen LogP contribution is 2.24. The predicted octanol–water partition coefficient (Wildman–Crippen LogP) is 3.39. The summed E-state index contributed by atoms with van der Waals surface area (Å²) in [6.45, 7) is 0.446. The molecule has 3 aromatic heterocycles. The number of pyridine rings is 1. The summed E-state index contributed by atoms with van der Waals surface area (Å²) in [6.07, 6.45) is 5.21. The van der Waals surface area contributed by atoms with E-state index in [4.69, 9.17) is 0 Å². The van der Waals surface area contributed by atoms with Gasteiger partial charge in [0.15, 0.2) is 5.52 Å². The largest absolute Gasteiger partial charge is 0.293 e. The van der Waals surface area contributed by atoms with Gasteiger partial charge >= 0.3 is 0 Å². The van der Waals surface area contributed by atoms with Gasteiger partial charge in [-0.15, -0.1) is 0 Å². The number of aromatic nitrogens is 5. The summed E-state index contributed by atoms with van der Waals surface area (Å²) in [5.41, 5.74) is 5.10. The lowest BCUT2D eigenvalue weighted by atomic mass is 10.0. The Hall–Kier alpha value is -3.80.